The molecule has 1 fully saturated rings. The summed E-state index contributed by atoms with van der Waals surface area (Å²) in [5, 5.41) is 0. The number of unbranched alkanes of at least 4 members (excludes halogenated alkanes) is 3. The Kier molecular flexibility index (Phi) is 12.0. The molecular weight excluding hydrogens is 432 g/mol. The molecule has 1 aliphatic carbocycles. The lowest BCUT2D eigenvalue weighted by Gasteiger charge is -2.32. The van der Waals surface area contributed by atoms with E-state index in [0.29, 0.717) is 25.9 Å². The van der Waals surface area contributed by atoms with Crippen molar-refractivity contribution in [1.29, 1.82) is 0 Å². The molecule has 35 heavy (non-hydrogen) atoms. The molecule has 0 amide bonds. The molecule has 2 atom stereocenters. The number of ketones is 1. The van der Waals surface area contributed by atoms with Crippen molar-refractivity contribution in [2.45, 2.75) is 96.5 Å². The number of hydrogen-bond donors (Lipinski definition) is 0. The number of Topliss-reactive ketones (excluding diaryl/α,β-unsaturated/α-hetero) is 1. The molecule has 3 nitrogen and oxygen atoms in total. The standard InChI is InChI=1S/C30H40O3.C2H4/c1-4-5-6-10-18-30(2,3)25-14-16-27(28-21-26(32)15-13-24(28)17-19-31)29(20-25)33-22-23-11-8-7-9-12-23;1-2/h7-9,11-12,14,16,19-20,24,28H,4-6,10,13,15,17-18,21-22H2,1-3H3;1-2H2/t24-,28+;/m1./s1. The van der Waals surface area contributed by atoms with E-state index in [-0.39, 0.29) is 23.0 Å². The van der Waals surface area contributed by atoms with Gasteiger partial charge >= 0.3 is 0 Å². The Morgan fingerprint density at radius 1 is 1.06 bits per heavy atom. The van der Waals surface area contributed by atoms with Gasteiger partial charge in [-0.2, -0.15) is 0 Å². The van der Waals surface area contributed by atoms with E-state index in [0.717, 1.165) is 36.0 Å². The zero-order valence-electron chi connectivity index (χ0n) is 22.1. The number of ether oxygens (including phenoxy) is 1. The van der Waals surface area contributed by atoms with Gasteiger partial charge in [-0.15, -0.1) is 13.2 Å². The summed E-state index contributed by atoms with van der Waals surface area (Å²) in [5.74, 6) is 1.40. The van der Waals surface area contributed by atoms with E-state index < -0.39 is 0 Å². The second kappa shape index (κ2) is 14.7. The van der Waals surface area contributed by atoms with Crippen molar-refractivity contribution < 1.29 is 14.3 Å². The van der Waals surface area contributed by atoms with Gasteiger partial charge in [-0.1, -0.05) is 88.9 Å². The van der Waals surface area contributed by atoms with Crippen LogP contribution in [0.2, 0.25) is 0 Å². The average molecular weight is 477 g/mol. The average Bonchev–Trinajstić information content (AvgIpc) is 2.88. The lowest BCUT2D eigenvalue weighted by molar-refractivity contribution is -0.122. The van der Waals surface area contributed by atoms with Gasteiger partial charge in [0.1, 0.15) is 24.4 Å². The van der Waals surface area contributed by atoms with Gasteiger partial charge in [0.2, 0.25) is 0 Å². The fourth-order valence-electron chi connectivity index (χ4n) is 5.09. The monoisotopic (exact) mass is 476 g/mol. The number of hydrogen-bond acceptors (Lipinski definition) is 3. The van der Waals surface area contributed by atoms with Crippen LogP contribution in [0.1, 0.15) is 101 Å². The lowest BCUT2D eigenvalue weighted by atomic mass is 9.72. The summed E-state index contributed by atoms with van der Waals surface area (Å²) in [7, 11) is 0. The Hall–Kier alpha value is -2.68. The van der Waals surface area contributed by atoms with Gasteiger partial charge in [-0.25, -0.2) is 0 Å². The fraction of sp³-hybridized carbons (Fsp3) is 0.500. The van der Waals surface area contributed by atoms with Crippen molar-refractivity contribution in [1.82, 2.24) is 0 Å². The highest BCUT2D eigenvalue weighted by Crippen LogP contribution is 2.43. The molecule has 0 N–H and O–H groups in total. The van der Waals surface area contributed by atoms with Crippen LogP contribution in [-0.4, -0.2) is 12.1 Å². The van der Waals surface area contributed by atoms with E-state index >= 15 is 0 Å². The first-order chi connectivity index (χ1) is 16.9. The van der Waals surface area contributed by atoms with Crippen LogP contribution in [0.3, 0.4) is 0 Å². The van der Waals surface area contributed by atoms with Crippen molar-refractivity contribution in [3.63, 3.8) is 0 Å². The fourth-order valence-corrected chi connectivity index (χ4v) is 5.09. The minimum atomic E-state index is 0.0453. The van der Waals surface area contributed by atoms with Gasteiger partial charge in [-0.3, -0.25) is 4.79 Å². The van der Waals surface area contributed by atoms with Crippen molar-refractivity contribution in [2.75, 3.05) is 0 Å². The molecule has 2 aromatic rings. The highest BCUT2D eigenvalue weighted by Gasteiger charge is 2.33. The molecule has 0 radical (unpaired) electrons. The Balaban J connectivity index is 0.00000210. The molecule has 1 saturated carbocycles. The first kappa shape index (κ1) is 28.6. The molecule has 1 aliphatic rings. The molecule has 0 unspecified atom stereocenters. The summed E-state index contributed by atoms with van der Waals surface area (Å²) in [6, 6.07) is 16.8. The zero-order valence-corrected chi connectivity index (χ0v) is 22.1. The summed E-state index contributed by atoms with van der Waals surface area (Å²) in [6.07, 6.45) is 9.53. The Labute approximate surface area is 213 Å². The van der Waals surface area contributed by atoms with Crippen LogP contribution >= 0.6 is 0 Å². The van der Waals surface area contributed by atoms with E-state index in [2.05, 4.69) is 64.3 Å². The number of rotatable bonds is 12. The molecule has 0 spiro atoms. The number of carbonyl (C=O) groups excluding carboxylic acids is 2. The highest BCUT2D eigenvalue weighted by molar-refractivity contribution is 5.80. The molecule has 2 aromatic carbocycles. The van der Waals surface area contributed by atoms with Crippen LogP contribution in [0.4, 0.5) is 0 Å². The number of aldehydes is 1. The van der Waals surface area contributed by atoms with Gasteiger partial charge in [0, 0.05) is 19.3 Å². The topological polar surface area (TPSA) is 43.4 Å². The minimum Gasteiger partial charge on any atom is -0.489 e. The molecule has 0 saturated heterocycles. The van der Waals surface area contributed by atoms with Gasteiger partial charge in [0.15, 0.2) is 0 Å². The third kappa shape index (κ3) is 8.49. The molecule has 0 aromatic heterocycles. The summed E-state index contributed by atoms with van der Waals surface area (Å²) in [6.45, 7) is 13.4. The van der Waals surface area contributed by atoms with Crippen LogP contribution in [0, 0.1) is 5.92 Å². The SMILES string of the molecule is C=C.CCCCCCC(C)(C)c1ccc([C@H]2CC(=O)CC[C@@H]2CC=O)c(OCc2ccccc2)c1. The van der Waals surface area contributed by atoms with Crippen molar-refractivity contribution >= 4 is 12.1 Å². The Bertz CT molecular complexity index is 916. The smallest absolute Gasteiger partial charge is 0.133 e. The van der Waals surface area contributed by atoms with Crippen molar-refractivity contribution in [3.05, 3.63) is 78.4 Å². The summed E-state index contributed by atoms with van der Waals surface area (Å²) < 4.78 is 6.42. The molecule has 3 heteroatoms. The highest BCUT2D eigenvalue weighted by atomic mass is 16.5. The van der Waals surface area contributed by atoms with Gasteiger partial charge in [0.25, 0.3) is 0 Å². The number of benzene rings is 2. The largest absolute Gasteiger partial charge is 0.489 e. The van der Waals surface area contributed by atoms with E-state index in [1.54, 1.807) is 0 Å². The van der Waals surface area contributed by atoms with E-state index in [9.17, 15) is 9.59 Å². The van der Waals surface area contributed by atoms with Crippen LogP contribution in [0.25, 0.3) is 0 Å². The quantitative estimate of drug-likeness (QED) is 0.176. The number of carbonyl (C=O) groups is 2. The molecule has 3 rings (SSSR count). The maximum atomic E-state index is 12.4. The van der Waals surface area contributed by atoms with Gasteiger partial charge < -0.3 is 9.53 Å². The molecular formula is C32H44O3. The summed E-state index contributed by atoms with van der Waals surface area (Å²) in [5.41, 5.74) is 3.54. The van der Waals surface area contributed by atoms with Crippen LogP contribution in [0.5, 0.6) is 5.75 Å². The molecule has 190 valence electrons. The second-order valence-electron chi connectivity index (χ2n) is 10.3. The normalized spacial score (nSPS) is 17.9. The molecule has 0 aliphatic heterocycles. The lowest BCUT2D eigenvalue weighted by Crippen LogP contribution is -2.25. The van der Waals surface area contributed by atoms with Crippen LogP contribution < -0.4 is 4.74 Å². The zero-order chi connectivity index (χ0) is 25.7. The first-order valence-electron chi connectivity index (χ1n) is 13.2. The van der Waals surface area contributed by atoms with Crippen LogP contribution in [0.15, 0.2) is 61.7 Å². The summed E-state index contributed by atoms with van der Waals surface area (Å²) >= 11 is 0. The predicted octanol–water partition coefficient (Wildman–Crippen LogP) is 8.36. The Morgan fingerprint density at radius 3 is 2.49 bits per heavy atom. The first-order valence-corrected chi connectivity index (χ1v) is 13.2. The van der Waals surface area contributed by atoms with Gasteiger partial charge in [-0.05, 0) is 52.8 Å². The third-order valence-corrected chi connectivity index (χ3v) is 7.30. The van der Waals surface area contributed by atoms with E-state index in [1.807, 2.05) is 18.2 Å². The van der Waals surface area contributed by atoms with E-state index in [1.165, 1.54) is 31.2 Å². The second-order valence-corrected chi connectivity index (χ2v) is 10.3. The van der Waals surface area contributed by atoms with E-state index in [4.69, 9.17) is 4.74 Å². The van der Waals surface area contributed by atoms with Crippen LogP contribution in [-0.2, 0) is 21.6 Å². The van der Waals surface area contributed by atoms with Crippen molar-refractivity contribution in [2.24, 2.45) is 5.92 Å². The molecule has 0 heterocycles. The predicted molar refractivity (Wildman–Crippen MR) is 146 cm³/mol. The third-order valence-electron chi connectivity index (χ3n) is 7.30. The maximum absolute atomic E-state index is 12.4. The maximum Gasteiger partial charge on any atom is 0.133 e. The minimum absolute atomic E-state index is 0.0453. The van der Waals surface area contributed by atoms with Gasteiger partial charge in [0.05, 0.1) is 0 Å². The summed E-state index contributed by atoms with van der Waals surface area (Å²) in [4.78, 5) is 23.7. The Morgan fingerprint density at radius 2 is 1.80 bits per heavy atom. The molecule has 0 bridgehead atoms. The van der Waals surface area contributed by atoms with Crippen molar-refractivity contribution in [3.8, 4) is 5.75 Å².